The summed E-state index contributed by atoms with van der Waals surface area (Å²) in [6, 6.07) is 6.27. The lowest BCUT2D eigenvalue weighted by atomic mass is 9.81. The molecule has 6 nitrogen and oxygen atoms in total. The maximum Gasteiger partial charge on any atom is 0.219 e. The van der Waals surface area contributed by atoms with Crippen LogP contribution in [0.15, 0.2) is 64.4 Å². The highest BCUT2D eigenvalue weighted by Gasteiger charge is 2.48. The standard InChI is InChI=1S/C22H27N5OS2/c1-4-20(25-21-24-14(2)5-8-19(23)30-21)27-13-22(9-10-26(12-22)15(3)28)17-11-16(29)6-7-18(17)27/h4-8,11,19,29H,2,9-10,12-13,23H2,1,3H3,(H,24,25). The Bertz CT molecular complexity index is 986. The van der Waals surface area contributed by atoms with Crippen LogP contribution in [0.2, 0.25) is 0 Å². The predicted molar refractivity (Wildman–Crippen MR) is 128 cm³/mol. The third-order valence-electron chi connectivity index (χ3n) is 5.87. The summed E-state index contributed by atoms with van der Waals surface area (Å²) >= 11 is 6.04. The van der Waals surface area contributed by atoms with Crippen LogP contribution in [0.4, 0.5) is 5.69 Å². The van der Waals surface area contributed by atoms with Crippen LogP contribution in [0, 0.1) is 0 Å². The number of carbonyl (C=O) groups is 1. The molecule has 0 aliphatic carbocycles. The molecule has 2 unspecified atom stereocenters. The lowest BCUT2D eigenvalue weighted by molar-refractivity contribution is -0.127. The van der Waals surface area contributed by atoms with Gasteiger partial charge >= 0.3 is 0 Å². The van der Waals surface area contributed by atoms with Gasteiger partial charge in [-0.2, -0.15) is 0 Å². The molecule has 3 aliphatic heterocycles. The van der Waals surface area contributed by atoms with Gasteiger partial charge in [0.1, 0.15) is 5.82 Å². The van der Waals surface area contributed by atoms with E-state index in [1.54, 1.807) is 6.92 Å². The fourth-order valence-corrected chi connectivity index (χ4v) is 5.34. The van der Waals surface area contributed by atoms with E-state index in [1.165, 1.54) is 17.3 Å². The second-order valence-corrected chi connectivity index (χ2v) is 9.59. The van der Waals surface area contributed by atoms with Gasteiger partial charge in [0, 0.05) is 42.6 Å². The van der Waals surface area contributed by atoms with Gasteiger partial charge in [0.05, 0.1) is 11.1 Å². The van der Waals surface area contributed by atoms with Gasteiger partial charge in [-0.1, -0.05) is 24.4 Å². The van der Waals surface area contributed by atoms with Crippen molar-refractivity contribution in [3.05, 3.63) is 60.1 Å². The van der Waals surface area contributed by atoms with Gasteiger partial charge in [-0.15, -0.1) is 12.6 Å². The molecule has 158 valence electrons. The lowest BCUT2D eigenvalue weighted by Gasteiger charge is -2.28. The molecule has 1 aromatic rings. The molecule has 0 aromatic heterocycles. The maximum atomic E-state index is 12.0. The molecule has 0 saturated carbocycles. The van der Waals surface area contributed by atoms with Crippen LogP contribution in [0.25, 0.3) is 0 Å². The number of fused-ring (bicyclic) bond motifs is 2. The van der Waals surface area contributed by atoms with Crippen molar-refractivity contribution in [2.45, 2.75) is 36.0 Å². The summed E-state index contributed by atoms with van der Waals surface area (Å²) in [7, 11) is 0. The minimum atomic E-state index is -0.184. The van der Waals surface area contributed by atoms with Crippen LogP contribution in [-0.2, 0) is 10.2 Å². The summed E-state index contributed by atoms with van der Waals surface area (Å²) in [4.78, 5) is 21.7. The number of allylic oxidation sites excluding steroid dienone is 2. The number of rotatable bonds is 2. The summed E-state index contributed by atoms with van der Waals surface area (Å²) < 4.78 is 0. The Morgan fingerprint density at radius 2 is 2.27 bits per heavy atom. The molecule has 3 heterocycles. The first-order chi connectivity index (χ1) is 14.3. The number of likely N-dealkylation sites (tertiary alicyclic amines) is 1. The number of carbonyl (C=O) groups excluding carboxylic acids is 1. The van der Waals surface area contributed by atoms with Gasteiger partial charge in [0.15, 0.2) is 5.17 Å². The number of hydrogen-bond donors (Lipinski definition) is 3. The highest BCUT2D eigenvalue weighted by atomic mass is 32.2. The molecule has 30 heavy (non-hydrogen) atoms. The Labute approximate surface area is 187 Å². The van der Waals surface area contributed by atoms with Crippen LogP contribution >= 0.6 is 24.4 Å². The van der Waals surface area contributed by atoms with Crippen molar-refractivity contribution >= 4 is 41.2 Å². The number of amides is 1. The van der Waals surface area contributed by atoms with E-state index in [0.29, 0.717) is 5.70 Å². The van der Waals surface area contributed by atoms with Gasteiger partial charge < -0.3 is 20.9 Å². The van der Waals surface area contributed by atoms with Crippen molar-refractivity contribution in [1.29, 1.82) is 0 Å². The van der Waals surface area contributed by atoms with E-state index in [4.69, 9.17) is 5.73 Å². The summed E-state index contributed by atoms with van der Waals surface area (Å²) in [6.07, 6.45) is 6.71. The van der Waals surface area contributed by atoms with Crippen LogP contribution < -0.4 is 16.0 Å². The molecule has 1 spiro atoms. The third-order valence-corrected chi connectivity index (χ3v) is 7.00. The zero-order valence-corrected chi connectivity index (χ0v) is 19.0. The van der Waals surface area contributed by atoms with Gasteiger partial charge in [-0.3, -0.25) is 4.79 Å². The molecule has 0 radical (unpaired) electrons. The summed E-state index contributed by atoms with van der Waals surface area (Å²) in [6.45, 7) is 9.90. The zero-order valence-electron chi connectivity index (χ0n) is 17.3. The first-order valence-corrected chi connectivity index (χ1v) is 11.3. The number of thioether (sulfide) groups is 1. The predicted octanol–water partition coefficient (Wildman–Crippen LogP) is 3.19. The van der Waals surface area contributed by atoms with E-state index in [-0.39, 0.29) is 16.7 Å². The zero-order chi connectivity index (χ0) is 21.5. The number of nitrogens with two attached hydrogens (primary N) is 1. The van der Waals surface area contributed by atoms with E-state index in [2.05, 4.69) is 46.5 Å². The fourth-order valence-electron chi connectivity index (χ4n) is 4.39. The summed E-state index contributed by atoms with van der Waals surface area (Å²) in [5.41, 5.74) is 9.08. The maximum absolute atomic E-state index is 12.0. The second-order valence-electron chi connectivity index (χ2n) is 7.91. The first-order valence-electron chi connectivity index (χ1n) is 9.99. The van der Waals surface area contributed by atoms with E-state index >= 15 is 0 Å². The normalized spacial score (nSPS) is 26.1. The number of amidine groups is 1. The third kappa shape index (κ3) is 3.91. The topological polar surface area (TPSA) is 74.0 Å². The quantitative estimate of drug-likeness (QED) is 0.615. The molecule has 2 atom stereocenters. The largest absolute Gasteiger partial charge is 0.342 e. The van der Waals surface area contributed by atoms with Crippen LogP contribution in [-0.4, -0.2) is 41.0 Å². The minimum Gasteiger partial charge on any atom is -0.342 e. The Morgan fingerprint density at radius 1 is 1.47 bits per heavy atom. The minimum absolute atomic E-state index is 0.102. The van der Waals surface area contributed by atoms with Crippen molar-refractivity contribution in [3.8, 4) is 0 Å². The molecule has 4 rings (SSSR count). The average Bonchev–Trinajstić information content (AvgIpc) is 3.22. The number of thiol groups is 1. The number of hydrogen-bond acceptors (Lipinski definition) is 7. The van der Waals surface area contributed by atoms with Gasteiger partial charge in [0.25, 0.3) is 0 Å². The van der Waals surface area contributed by atoms with Crippen molar-refractivity contribution in [1.82, 2.24) is 10.2 Å². The number of benzene rings is 1. The molecule has 3 N–H and O–H groups in total. The van der Waals surface area contributed by atoms with Crippen LogP contribution in [0.1, 0.15) is 25.8 Å². The van der Waals surface area contributed by atoms with Gasteiger partial charge in [-0.05, 0) is 49.3 Å². The van der Waals surface area contributed by atoms with E-state index in [1.807, 2.05) is 36.1 Å². The van der Waals surface area contributed by atoms with Crippen molar-refractivity contribution < 1.29 is 4.79 Å². The van der Waals surface area contributed by atoms with E-state index in [0.717, 1.165) is 47.6 Å². The number of nitrogens with zero attached hydrogens (tertiary/aromatic N) is 3. The highest BCUT2D eigenvalue weighted by Crippen LogP contribution is 2.48. The molecular weight excluding hydrogens is 414 g/mol. The smallest absolute Gasteiger partial charge is 0.219 e. The Hall–Kier alpha value is -2.16. The molecule has 1 saturated heterocycles. The first kappa shape index (κ1) is 21.1. The number of aliphatic imine (C=N–C) groups is 1. The van der Waals surface area contributed by atoms with Crippen molar-refractivity contribution in [2.24, 2.45) is 10.7 Å². The van der Waals surface area contributed by atoms with Crippen LogP contribution in [0.3, 0.4) is 0 Å². The summed E-state index contributed by atoms with van der Waals surface area (Å²) in [5, 5.41) is 4.00. The molecule has 0 bridgehead atoms. The molecule has 1 amide bonds. The van der Waals surface area contributed by atoms with Crippen molar-refractivity contribution in [2.75, 3.05) is 24.5 Å². The summed E-state index contributed by atoms with van der Waals surface area (Å²) in [5.74, 6) is 1.07. The molecular formula is C22H27N5OS2. The fraction of sp³-hybridized carbons (Fsp3) is 0.364. The van der Waals surface area contributed by atoms with Gasteiger partial charge in [-0.25, -0.2) is 4.99 Å². The van der Waals surface area contributed by atoms with Crippen LogP contribution in [0.5, 0.6) is 0 Å². The Kier molecular flexibility index (Phi) is 5.74. The average molecular weight is 442 g/mol. The molecule has 1 aromatic carbocycles. The lowest BCUT2D eigenvalue weighted by Crippen LogP contribution is -2.40. The number of anilines is 1. The number of nitrogens with one attached hydrogen (secondary N) is 1. The Balaban J connectivity index is 1.66. The monoisotopic (exact) mass is 441 g/mol. The van der Waals surface area contributed by atoms with Crippen molar-refractivity contribution in [3.63, 3.8) is 0 Å². The van der Waals surface area contributed by atoms with Gasteiger partial charge in [0.2, 0.25) is 5.91 Å². The highest BCUT2D eigenvalue weighted by molar-refractivity contribution is 8.14. The SMILES string of the molecule is C=C1C=CC(N)SC(NC(=CC)N2CC3(CCN(C(C)=O)C3)c3cc(S)ccc32)=N1. The Morgan fingerprint density at radius 3 is 2.97 bits per heavy atom. The molecule has 8 heteroatoms. The molecule has 3 aliphatic rings. The molecule has 1 fully saturated rings. The second kappa shape index (κ2) is 8.17. The van der Waals surface area contributed by atoms with E-state index < -0.39 is 0 Å². The van der Waals surface area contributed by atoms with E-state index in [9.17, 15) is 4.79 Å².